The number of fused-ring (bicyclic) bond motifs is 1. The van der Waals surface area contributed by atoms with Gasteiger partial charge in [-0.25, -0.2) is 0 Å². The van der Waals surface area contributed by atoms with Gasteiger partial charge < -0.3 is 20.5 Å². The van der Waals surface area contributed by atoms with Gasteiger partial charge >= 0.3 is 0 Å². The summed E-state index contributed by atoms with van der Waals surface area (Å²) >= 11 is 0. The number of methoxy groups -OCH3 is 2. The fourth-order valence-electron chi connectivity index (χ4n) is 2.35. The summed E-state index contributed by atoms with van der Waals surface area (Å²) in [5.41, 5.74) is 7.52. The van der Waals surface area contributed by atoms with Gasteiger partial charge in [-0.15, -0.1) is 0 Å². The molecule has 5 heteroatoms. The van der Waals surface area contributed by atoms with Gasteiger partial charge in [0.15, 0.2) is 11.5 Å². The third-order valence-electron chi connectivity index (χ3n) is 3.21. The first kappa shape index (κ1) is 12.7. The number of hydrogen-bond donors (Lipinski definition) is 2. The van der Waals surface area contributed by atoms with Crippen LogP contribution in [0.15, 0.2) is 12.1 Å². The zero-order chi connectivity index (χ0) is 13.1. The lowest BCUT2D eigenvalue weighted by Crippen LogP contribution is -2.33. The molecule has 18 heavy (non-hydrogen) atoms. The van der Waals surface area contributed by atoms with Crippen LogP contribution in [0.25, 0.3) is 0 Å². The predicted molar refractivity (Wildman–Crippen MR) is 67.8 cm³/mol. The van der Waals surface area contributed by atoms with Gasteiger partial charge in [0.2, 0.25) is 5.91 Å². The third-order valence-corrected chi connectivity index (χ3v) is 3.21. The summed E-state index contributed by atoms with van der Waals surface area (Å²) in [6.45, 7) is 0.834. The minimum absolute atomic E-state index is 0.0361. The van der Waals surface area contributed by atoms with E-state index in [1.165, 1.54) is 5.56 Å². The van der Waals surface area contributed by atoms with Crippen molar-refractivity contribution in [1.29, 1.82) is 0 Å². The van der Waals surface area contributed by atoms with Crippen molar-refractivity contribution in [2.75, 3.05) is 20.8 Å². The molecule has 1 aliphatic heterocycles. The number of amides is 1. The van der Waals surface area contributed by atoms with Crippen molar-refractivity contribution in [3.63, 3.8) is 0 Å². The van der Waals surface area contributed by atoms with E-state index < -0.39 is 0 Å². The van der Waals surface area contributed by atoms with Crippen LogP contribution in [0.3, 0.4) is 0 Å². The van der Waals surface area contributed by atoms with Gasteiger partial charge in [-0.2, -0.15) is 0 Å². The monoisotopic (exact) mass is 250 g/mol. The zero-order valence-electron chi connectivity index (χ0n) is 10.7. The van der Waals surface area contributed by atoms with Gasteiger partial charge in [0, 0.05) is 12.5 Å². The number of primary amides is 1. The molecule has 0 radical (unpaired) electrons. The molecule has 1 unspecified atom stereocenters. The lowest BCUT2D eigenvalue weighted by atomic mass is 9.91. The molecule has 0 saturated carbocycles. The second-order valence-electron chi connectivity index (χ2n) is 4.33. The molecule has 1 atom stereocenters. The van der Waals surface area contributed by atoms with Crippen LogP contribution in [0.1, 0.15) is 23.6 Å². The average molecular weight is 250 g/mol. The maximum atomic E-state index is 11.1. The van der Waals surface area contributed by atoms with E-state index in [1.54, 1.807) is 14.2 Å². The molecular formula is C13H18N2O3. The molecule has 5 nitrogen and oxygen atoms in total. The van der Waals surface area contributed by atoms with E-state index in [9.17, 15) is 4.79 Å². The second kappa shape index (κ2) is 5.27. The molecule has 98 valence electrons. The molecule has 1 aromatic rings. The first-order chi connectivity index (χ1) is 8.65. The Kier molecular flexibility index (Phi) is 3.72. The van der Waals surface area contributed by atoms with E-state index in [4.69, 9.17) is 15.2 Å². The normalized spacial score (nSPS) is 18.0. The molecule has 1 amide bonds. The Morgan fingerprint density at radius 2 is 2.06 bits per heavy atom. The van der Waals surface area contributed by atoms with E-state index in [0.29, 0.717) is 12.2 Å². The Hall–Kier alpha value is -1.75. The van der Waals surface area contributed by atoms with Crippen LogP contribution in [0.2, 0.25) is 0 Å². The van der Waals surface area contributed by atoms with Gasteiger partial charge in [0.25, 0.3) is 0 Å². The summed E-state index contributed by atoms with van der Waals surface area (Å²) in [7, 11) is 3.22. The van der Waals surface area contributed by atoms with Crippen molar-refractivity contribution < 1.29 is 14.3 Å². The van der Waals surface area contributed by atoms with Gasteiger partial charge in [-0.3, -0.25) is 4.79 Å². The summed E-state index contributed by atoms with van der Waals surface area (Å²) in [5.74, 6) is 1.08. The average Bonchev–Trinajstić information content (AvgIpc) is 2.37. The molecule has 1 aromatic carbocycles. The van der Waals surface area contributed by atoms with Crippen LogP contribution in [-0.4, -0.2) is 26.7 Å². The number of benzene rings is 1. The Labute approximate surface area is 106 Å². The quantitative estimate of drug-likeness (QED) is 0.827. The highest BCUT2D eigenvalue weighted by atomic mass is 16.5. The number of carbonyl (C=O) groups excluding carboxylic acids is 1. The fraction of sp³-hybridized carbons (Fsp3) is 0.462. The van der Waals surface area contributed by atoms with E-state index in [0.717, 1.165) is 24.3 Å². The van der Waals surface area contributed by atoms with Gasteiger partial charge in [-0.1, -0.05) is 0 Å². The van der Waals surface area contributed by atoms with Crippen LogP contribution in [-0.2, 0) is 11.2 Å². The molecule has 1 heterocycles. The number of nitrogens with one attached hydrogen (secondary N) is 1. The van der Waals surface area contributed by atoms with Crippen LogP contribution < -0.4 is 20.5 Å². The lowest BCUT2D eigenvalue weighted by molar-refractivity contribution is -0.118. The molecule has 0 bridgehead atoms. The van der Waals surface area contributed by atoms with Crippen molar-refractivity contribution in [1.82, 2.24) is 5.32 Å². The van der Waals surface area contributed by atoms with Crippen LogP contribution in [0, 0.1) is 0 Å². The van der Waals surface area contributed by atoms with Crippen molar-refractivity contribution in [2.24, 2.45) is 5.73 Å². The Morgan fingerprint density at radius 3 is 2.67 bits per heavy atom. The highest BCUT2D eigenvalue weighted by Gasteiger charge is 2.23. The van der Waals surface area contributed by atoms with Crippen LogP contribution >= 0.6 is 0 Å². The molecule has 2 rings (SSSR count). The molecular weight excluding hydrogens is 232 g/mol. The van der Waals surface area contributed by atoms with Crippen LogP contribution in [0.5, 0.6) is 11.5 Å². The topological polar surface area (TPSA) is 73.6 Å². The van der Waals surface area contributed by atoms with Crippen molar-refractivity contribution >= 4 is 5.91 Å². The molecule has 3 N–H and O–H groups in total. The highest BCUT2D eigenvalue weighted by Crippen LogP contribution is 2.35. The lowest BCUT2D eigenvalue weighted by Gasteiger charge is -2.27. The number of hydrogen-bond acceptors (Lipinski definition) is 4. The summed E-state index contributed by atoms with van der Waals surface area (Å²) in [6.07, 6.45) is 1.20. The zero-order valence-corrected chi connectivity index (χ0v) is 10.7. The summed E-state index contributed by atoms with van der Waals surface area (Å²) in [4.78, 5) is 11.1. The van der Waals surface area contributed by atoms with Gasteiger partial charge in [0.05, 0.1) is 14.2 Å². The largest absolute Gasteiger partial charge is 0.493 e. The van der Waals surface area contributed by atoms with Gasteiger partial charge in [0.1, 0.15) is 0 Å². The summed E-state index contributed by atoms with van der Waals surface area (Å²) < 4.78 is 10.6. The Bertz CT molecular complexity index is 460. The first-order valence-electron chi connectivity index (χ1n) is 5.92. The van der Waals surface area contributed by atoms with E-state index >= 15 is 0 Å². The number of rotatable bonds is 4. The maximum absolute atomic E-state index is 11.1. The fourth-order valence-corrected chi connectivity index (χ4v) is 2.35. The molecule has 0 aliphatic carbocycles. The number of nitrogens with two attached hydrogens (primary N) is 1. The molecule has 0 aromatic heterocycles. The van der Waals surface area contributed by atoms with Crippen molar-refractivity contribution in [3.8, 4) is 11.5 Å². The van der Waals surface area contributed by atoms with Crippen molar-refractivity contribution in [3.05, 3.63) is 23.3 Å². The predicted octanol–water partition coefficient (Wildman–Crippen LogP) is 0.766. The summed E-state index contributed by atoms with van der Waals surface area (Å²) in [5, 5.41) is 3.30. The van der Waals surface area contributed by atoms with Gasteiger partial charge in [-0.05, 0) is 36.2 Å². The first-order valence-corrected chi connectivity index (χ1v) is 5.92. The second-order valence-corrected chi connectivity index (χ2v) is 4.33. The highest BCUT2D eigenvalue weighted by molar-refractivity contribution is 5.75. The molecule has 0 spiro atoms. The maximum Gasteiger partial charge on any atom is 0.219 e. The Morgan fingerprint density at radius 1 is 1.39 bits per heavy atom. The van der Waals surface area contributed by atoms with Crippen molar-refractivity contribution in [2.45, 2.75) is 18.9 Å². The minimum Gasteiger partial charge on any atom is -0.493 e. The summed E-state index contributed by atoms with van der Waals surface area (Å²) in [6, 6.07) is 3.86. The molecule has 0 saturated heterocycles. The standard InChI is InChI=1S/C13H18N2O3/c1-17-11-5-8-3-4-15-10(7-13(14)16)9(8)6-12(11)18-2/h5-6,10,15H,3-4,7H2,1-2H3,(H2,14,16). The minimum atomic E-state index is -0.310. The Balaban J connectivity index is 2.40. The smallest absolute Gasteiger partial charge is 0.219 e. The van der Waals surface area contributed by atoms with E-state index in [-0.39, 0.29) is 11.9 Å². The van der Waals surface area contributed by atoms with Crippen LogP contribution in [0.4, 0.5) is 0 Å². The van der Waals surface area contributed by atoms with E-state index in [2.05, 4.69) is 5.32 Å². The van der Waals surface area contributed by atoms with E-state index in [1.807, 2.05) is 12.1 Å². The SMILES string of the molecule is COc1cc2c(cc1OC)C(CC(N)=O)NCC2. The molecule has 0 fully saturated rings. The molecule has 1 aliphatic rings. The number of carbonyl (C=O) groups is 1. The number of ether oxygens (including phenoxy) is 2. The third kappa shape index (κ3) is 2.41.